The number of benzene rings is 1. The Morgan fingerprint density at radius 1 is 1.23 bits per heavy atom. The summed E-state index contributed by atoms with van der Waals surface area (Å²) in [4.78, 5) is 18.4. The van der Waals surface area contributed by atoms with Crippen molar-refractivity contribution in [2.45, 2.75) is 19.4 Å². The van der Waals surface area contributed by atoms with Crippen molar-refractivity contribution >= 4 is 11.6 Å². The highest BCUT2D eigenvalue weighted by Crippen LogP contribution is 2.19. The van der Waals surface area contributed by atoms with Crippen LogP contribution in [0.15, 0.2) is 49.1 Å². The molecule has 5 nitrogen and oxygen atoms in total. The summed E-state index contributed by atoms with van der Waals surface area (Å²) < 4.78 is 2.14. The number of para-hydroxylation sites is 1. The van der Waals surface area contributed by atoms with Gasteiger partial charge in [-0.1, -0.05) is 18.2 Å². The summed E-state index contributed by atoms with van der Waals surface area (Å²) in [5, 5.41) is 2.94. The summed E-state index contributed by atoms with van der Waals surface area (Å²) in [6, 6.07) is 9.62. The normalized spacial score (nSPS) is 16.5. The van der Waals surface area contributed by atoms with Gasteiger partial charge in [0.05, 0.1) is 12.9 Å². The molecule has 1 N–H and O–H groups in total. The number of carbonyl (C=O) groups excluding carboxylic acids is 1. The quantitative estimate of drug-likeness (QED) is 0.921. The molecule has 22 heavy (non-hydrogen) atoms. The maximum absolute atomic E-state index is 12.1. The number of anilines is 1. The van der Waals surface area contributed by atoms with E-state index in [1.54, 1.807) is 0 Å². The summed E-state index contributed by atoms with van der Waals surface area (Å²) in [7, 11) is 0. The van der Waals surface area contributed by atoms with Crippen LogP contribution in [0.25, 0.3) is 0 Å². The molecule has 1 aromatic heterocycles. The second kappa shape index (κ2) is 7.22. The van der Waals surface area contributed by atoms with Gasteiger partial charge in [-0.2, -0.15) is 0 Å². The summed E-state index contributed by atoms with van der Waals surface area (Å²) in [6.45, 7) is 3.49. The minimum atomic E-state index is 0.0688. The van der Waals surface area contributed by atoms with Crippen molar-refractivity contribution in [1.82, 2.24) is 14.5 Å². The molecule has 2 aromatic rings. The van der Waals surface area contributed by atoms with Gasteiger partial charge in [-0.05, 0) is 44.0 Å². The minimum Gasteiger partial charge on any atom is -0.337 e. The molecule has 0 aliphatic carbocycles. The first-order valence-corrected chi connectivity index (χ1v) is 7.82. The molecule has 1 fully saturated rings. The van der Waals surface area contributed by atoms with Gasteiger partial charge in [0.1, 0.15) is 0 Å². The van der Waals surface area contributed by atoms with Crippen LogP contribution in [0.1, 0.15) is 12.8 Å². The van der Waals surface area contributed by atoms with Crippen LogP contribution in [0.2, 0.25) is 0 Å². The van der Waals surface area contributed by atoms with Gasteiger partial charge in [0, 0.05) is 24.6 Å². The van der Waals surface area contributed by atoms with Crippen LogP contribution in [0, 0.1) is 5.92 Å². The molecule has 0 saturated carbocycles. The summed E-state index contributed by atoms with van der Waals surface area (Å²) >= 11 is 0. The maximum Gasteiger partial charge on any atom is 0.238 e. The Bertz CT molecular complexity index is 574. The molecule has 1 aliphatic heterocycles. The lowest BCUT2D eigenvalue weighted by molar-refractivity contribution is -0.117. The summed E-state index contributed by atoms with van der Waals surface area (Å²) in [5.74, 6) is 0.752. The molecule has 5 heteroatoms. The molecular weight excluding hydrogens is 276 g/mol. The fourth-order valence-corrected chi connectivity index (χ4v) is 2.95. The number of hydrogen-bond acceptors (Lipinski definition) is 3. The Morgan fingerprint density at radius 2 is 2.00 bits per heavy atom. The van der Waals surface area contributed by atoms with Crippen molar-refractivity contribution in [3.05, 3.63) is 49.1 Å². The number of amides is 1. The SMILES string of the molecule is O=C(CN1CCC(Cn2ccnc2)CC1)Nc1ccccc1. The second-order valence-corrected chi connectivity index (χ2v) is 5.89. The van der Waals surface area contributed by atoms with E-state index in [1.165, 1.54) is 0 Å². The topological polar surface area (TPSA) is 50.2 Å². The van der Waals surface area contributed by atoms with Crippen LogP contribution in [0.3, 0.4) is 0 Å². The van der Waals surface area contributed by atoms with Crippen molar-refractivity contribution in [2.24, 2.45) is 5.92 Å². The number of carbonyl (C=O) groups is 1. The Labute approximate surface area is 131 Å². The first-order chi connectivity index (χ1) is 10.8. The van der Waals surface area contributed by atoms with Gasteiger partial charge in [0.15, 0.2) is 0 Å². The predicted octanol–water partition coefficient (Wildman–Crippen LogP) is 2.23. The number of piperidine rings is 1. The molecule has 0 atom stereocenters. The Morgan fingerprint density at radius 3 is 2.68 bits per heavy atom. The van der Waals surface area contributed by atoms with Crippen LogP contribution in [-0.2, 0) is 11.3 Å². The smallest absolute Gasteiger partial charge is 0.238 e. The molecule has 0 bridgehead atoms. The van der Waals surface area contributed by atoms with Crippen molar-refractivity contribution in [2.75, 3.05) is 25.0 Å². The van der Waals surface area contributed by atoms with Gasteiger partial charge in [0.25, 0.3) is 0 Å². The second-order valence-electron chi connectivity index (χ2n) is 5.89. The number of likely N-dealkylation sites (tertiary alicyclic amines) is 1. The fourth-order valence-electron chi connectivity index (χ4n) is 2.95. The Hall–Kier alpha value is -2.14. The number of imidazole rings is 1. The molecule has 1 amide bonds. The maximum atomic E-state index is 12.1. The average Bonchev–Trinajstić information content (AvgIpc) is 3.03. The van der Waals surface area contributed by atoms with Crippen molar-refractivity contribution in [1.29, 1.82) is 0 Å². The third-order valence-corrected chi connectivity index (χ3v) is 4.16. The van der Waals surface area contributed by atoms with E-state index in [4.69, 9.17) is 0 Å². The molecule has 0 unspecified atom stereocenters. The van der Waals surface area contributed by atoms with Crippen molar-refractivity contribution in [3.8, 4) is 0 Å². The number of nitrogens with one attached hydrogen (secondary N) is 1. The van der Waals surface area contributed by atoms with E-state index < -0.39 is 0 Å². The van der Waals surface area contributed by atoms with Gasteiger partial charge in [0.2, 0.25) is 5.91 Å². The minimum absolute atomic E-state index is 0.0688. The lowest BCUT2D eigenvalue weighted by Crippen LogP contribution is -2.39. The molecule has 1 saturated heterocycles. The van der Waals surface area contributed by atoms with Crippen LogP contribution in [0.5, 0.6) is 0 Å². The first-order valence-electron chi connectivity index (χ1n) is 7.82. The van der Waals surface area contributed by atoms with Gasteiger partial charge < -0.3 is 9.88 Å². The van der Waals surface area contributed by atoms with Gasteiger partial charge in [-0.3, -0.25) is 9.69 Å². The molecule has 3 rings (SSSR count). The molecule has 1 aliphatic rings. The highest BCUT2D eigenvalue weighted by atomic mass is 16.2. The lowest BCUT2D eigenvalue weighted by atomic mass is 9.97. The Kier molecular flexibility index (Phi) is 4.85. The molecule has 116 valence electrons. The van der Waals surface area contributed by atoms with E-state index in [2.05, 4.69) is 19.8 Å². The zero-order valence-electron chi connectivity index (χ0n) is 12.7. The third kappa shape index (κ3) is 4.18. The van der Waals surface area contributed by atoms with E-state index >= 15 is 0 Å². The number of rotatable bonds is 5. The van der Waals surface area contributed by atoms with Crippen molar-refractivity contribution < 1.29 is 4.79 Å². The van der Waals surface area contributed by atoms with Crippen LogP contribution in [0.4, 0.5) is 5.69 Å². The summed E-state index contributed by atoms with van der Waals surface area (Å²) in [5.41, 5.74) is 0.863. The first kappa shape index (κ1) is 14.8. The molecule has 2 heterocycles. The van der Waals surface area contributed by atoms with Crippen LogP contribution >= 0.6 is 0 Å². The van der Waals surface area contributed by atoms with Crippen molar-refractivity contribution in [3.63, 3.8) is 0 Å². The van der Waals surface area contributed by atoms with E-state index in [0.717, 1.165) is 38.2 Å². The molecular formula is C17H22N4O. The van der Waals surface area contributed by atoms with E-state index in [9.17, 15) is 4.79 Å². The average molecular weight is 298 g/mol. The van der Waals surface area contributed by atoms with Gasteiger partial charge in [-0.25, -0.2) is 4.98 Å². The van der Waals surface area contributed by atoms with E-state index in [0.29, 0.717) is 12.5 Å². The lowest BCUT2D eigenvalue weighted by Gasteiger charge is -2.31. The standard InChI is InChI=1S/C17H22N4O/c22-17(19-16-4-2-1-3-5-16)13-20-9-6-15(7-10-20)12-21-11-8-18-14-21/h1-5,8,11,14-15H,6-7,9-10,12-13H2,(H,19,22). The van der Waals surface area contributed by atoms with E-state index in [1.807, 2.05) is 49.1 Å². The highest BCUT2D eigenvalue weighted by molar-refractivity contribution is 5.92. The summed E-state index contributed by atoms with van der Waals surface area (Å²) in [6.07, 6.45) is 7.98. The van der Waals surface area contributed by atoms with Gasteiger partial charge >= 0.3 is 0 Å². The number of hydrogen-bond donors (Lipinski definition) is 1. The van der Waals surface area contributed by atoms with Crippen LogP contribution < -0.4 is 5.32 Å². The number of nitrogens with zero attached hydrogens (tertiary/aromatic N) is 3. The third-order valence-electron chi connectivity index (χ3n) is 4.16. The zero-order valence-corrected chi connectivity index (χ0v) is 12.7. The molecule has 0 spiro atoms. The molecule has 1 aromatic carbocycles. The monoisotopic (exact) mass is 298 g/mol. The highest BCUT2D eigenvalue weighted by Gasteiger charge is 2.21. The van der Waals surface area contributed by atoms with E-state index in [-0.39, 0.29) is 5.91 Å². The largest absolute Gasteiger partial charge is 0.337 e. The van der Waals surface area contributed by atoms with Crippen LogP contribution in [-0.4, -0.2) is 40.0 Å². The molecule has 0 radical (unpaired) electrons. The van der Waals surface area contributed by atoms with Gasteiger partial charge in [-0.15, -0.1) is 0 Å². The predicted molar refractivity (Wildman–Crippen MR) is 86.5 cm³/mol. The number of aromatic nitrogens is 2. The Balaban J connectivity index is 1.41. The zero-order chi connectivity index (χ0) is 15.2. The fraction of sp³-hybridized carbons (Fsp3) is 0.412.